The van der Waals surface area contributed by atoms with Crippen molar-refractivity contribution in [1.29, 1.82) is 0 Å². The van der Waals surface area contributed by atoms with E-state index in [1.54, 1.807) is 44.1 Å². The first kappa shape index (κ1) is 19.9. The van der Waals surface area contributed by atoms with E-state index in [-0.39, 0.29) is 5.56 Å². The Labute approximate surface area is 179 Å². The molecule has 0 amide bonds. The van der Waals surface area contributed by atoms with Crippen LogP contribution in [0.4, 0.5) is 0 Å². The Bertz CT molecular complexity index is 1260. The van der Waals surface area contributed by atoms with E-state index in [4.69, 9.17) is 25.8 Å². The zero-order valence-corrected chi connectivity index (χ0v) is 17.6. The van der Waals surface area contributed by atoms with Crippen molar-refractivity contribution in [3.8, 4) is 34.2 Å². The Hall–Kier alpha value is -3.44. The van der Waals surface area contributed by atoms with Crippen LogP contribution in [0.3, 0.4) is 0 Å². The van der Waals surface area contributed by atoms with Crippen LogP contribution in [-0.4, -0.2) is 25.9 Å². The molecule has 1 heterocycles. The largest absolute Gasteiger partial charge is 0.497 e. The van der Waals surface area contributed by atoms with Crippen molar-refractivity contribution in [3.05, 3.63) is 82.1 Å². The summed E-state index contributed by atoms with van der Waals surface area (Å²) in [6, 6.07) is 20.1. The molecule has 0 spiro atoms. The highest BCUT2D eigenvalue weighted by Crippen LogP contribution is 2.37. The van der Waals surface area contributed by atoms with Gasteiger partial charge in [0.15, 0.2) is 11.5 Å². The van der Waals surface area contributed by atoms with Crippen LogP contribution in [0.2, 0.25) is 5.02 Å². The van der Waals surface area contributed by atoms with Gasteiger partial charge in [0, 0.05) is 22.2 Å². The number of fused-ring (bicyclic) bond motifs is 1. The number of pyridine rings is 1. The van der Waals surface area contributed by atoms with Gasteiger partial charge < -0.3 is 14.2 Å². The van der Waals surface area contributed by atoms with Crippen molar-refractivity contribution in [2.75, 3.05) is 21.3 Å². The lowest BCUT2D eigenvalue weighted by molar-refractivity contribution is 0.356. The van der Waals surface area contributed by atoms with E-state index in [9.17, 15) is 4.79 Å². The van der Waals surface area contributed by atoms with Crippen LogP contribution in [0.25, 0.3) is 27.7 Å². The lowest BCUT2D eigenvalue weighted by Gasteiger charge is -2.18. The first-order valence-electron chi connectivity index (χ1n) is 9.28. The zero-order valence-electron chi connectivity index (χ0n) is 16.8. The molecule has 0 aliphatic heterocycles. The maximum Gasteiger partial charge on any atom is 0.256 e. The predicted octanol–water partition coefficient (Wildman–Crippen LogP) is 5.34. The molecule has 0 N–H and O–H groups in total. The molecule has 0 saturated heterocycles. The molecule has 6 heteroatoms. The van der Waals surface area contributed by atoms with E-state index in [2.05, 4.69) is 0 Å². The van der Waals surface area contributed by atoms with Crippen molar-refractivity contribution < 1.29 is 14.2 Å². The molecule has 152 valence electrons. The van der Waals surface area contributed by atoms with Crippen LogP contribution < -0.4 is 19.8 Å². The second-order valence-corrected chi connectivity index (χ2v) is 7.10. The van der Waals surface area contributed by atoms with Gasteiger partial charge in [0.25, 0.3) is 5.56 Å². The van der Waals surface area contributed by atoms with E-state index in [0.29, 0.717) is 22.3 Å². The van der Waals surface area contributed by atoms with Crippen molar-refractivity contribution in [3.63, 3.8) is 0 Å². The van der Waals surface area contributed by atoms with Gasteiger partial charge >= 0.3 is 0 Å². The van der Waals surface area contributed by atoms with E-state index in [1.165, 1.54) is 0 Å². The van der Waals surface area contributed by atoms with Crippen LogP contribution in [0.15, 0.2) is 71.5 Å². The number of ether oxygens (including phenoxy) is 3. The number of hydrogen-bond donors (Lipinski definition) is 0. The van der Waals surface area contributed by atoms with Gasteiger partial charge in [0.1, 0.15) is 5.75 Å². The predicted molar refractivity (Wildman–Crippen MR) is 120 cm³/mol. The lowest BCUT2D eigenvalue weighted by atomic mass is 10.0. The smallest absolute Gasteiger partial charge is 0.256 e. The molecular weight excluding hydrogens is 402 g/mol. The normalized spacial score (nSPS) is 10.8. The van der Waals surface area contributed by atoms with E-state index >= 15 is 0 Å². The molecule has 0 aliphatic rings. The molecule has 3 aromatic carbocycles. The summed E-state index contributed by atoms with van der Waals surface area (Å²) in [6.45, 7) is 0. The van der Waals surface area contributed by atoms with E-state index < -0.39 is 0 Å². The minimum Gasteiger partial charge on any atom is -0.497 e. The highest BCUT2D eigenvalue weighted by atomic mass is 35.5. The summed E-state index contributed by atoms with van der Waals surface area (Å²) in [5.41, 5.74) is 2.15. The summed E-state index contributed by atoms with van der Waals surface area (Å²) < 4.78 is 17.9. The van der Waals surface area contributed by atoms with Crippen LogP contribution >= 0.6 is 11.6 Å². The SMILES string of the molecule is COc1ccc(-n2c(-c3ccc(Cl)cc3)c3cc(OC)c(OC)cc3cc2=O)cc1. The quantitative estimate of drug-likeness (QED) is 0.436. The van der Waals surface area contributed by atoms with Crippen LogP contribution in [-0.2, 0) is 0 Å². The fourth-order valence-corrected chi connectivity index (χ4v) is 3.65. The molecule has 4 aromatic rings. The number of rotatable bonds is 5. The monoisotopic (exact) mass is 421 g/mol. The Balaban J connectivity index is 2.11. The number of aromatic nitrogens is 1. The molecule has 0 unspecified atom stereocenters. The van der Waals surface area contributed by atoms with Crippen molar-refractivity contribution in [2.45, 2.75) is 0 Å². The van der Waals surface area contributed by atoms with Crippen molar-refractivity contribution in [2.24, 2.45) is 0 Å². The van der Waals surface area contributed by atoms with Crippen molar-refractivity contribution in [1.82, 2.24) is 4.57 Å². The topological polar surface area (TPSA) is 49.7 Å². The first-order chi connectivity index (χ1) is 14.5. The molecule has 0 aliphatic carbocycles. The van der Waals surface area contributed by atoms with Gasteiger partial charge in [-0.15, -0.1) is 0 Å². The van der Waals surface area contributed by atoms with Gasteiger partial charge in [-0.3, -0.25) is 9.36 Å². The molecule has 1 aromatic heterocycles. The fraction of sp³-hybridized carbons (Fsp3) is 0.125. The Morgan fingerprint density at radius 1 is 0.767 bits per heavy atom. The molecule has 4 rings (SSSR count). The summed E-state index contributed by atoms with van der Waals surface area (Å²) in [7, 11) is 4.77. The third-order valence-corrected chi connectivity index (χ3v) is 5.23. The third-order valence-electron chi connectivity index (χ3n) is 4.98. The highest BCUT2D eigenvalue weighted by Gasteiger charge is 2.17. The standard InChI is InChI=1S/C24H20ClNO4/c1-28-19-10-8-18(9-11-19)26-23(27)13-16-12-21(29-2)22(30-3)14-20(16)24(26)15-4-6-17(25)7-5-15/h4-14H,1-3H3. The lowest BCUT2D eigenvalue weighted by Crippen LogP contribution is -2.19. The highest BCUT2D eigenvalue weighted by molar-refractivity contribution is 6.30. The summed E-state index contributed by atoms with van der Waals surface area (Å²) in [5, 5.41) is 2.23. The Kier molecular flexibility index (Phi) is 5.38. The van der Waals surface area contributed by atoms with Gasteiger partial charge in [-0.1, -0.05) is 23.7 Å². The summed E-state index contributed by atoms with van der Waals surface area (Å²) in [4.78, 5) is 13.2. The summed E-state index contributed by atoms with van der Waals surface area (Å²) in [5.74, 6) is 1.86. The fourth-order valence-electron chi connectivity index (χ4n) is 3.53. The van der Waals surface area contributed by atoms with E-state index in [0.717, 1.165) is 27.7 Å². The second-order valence-electron chi connectivity index (χ2n) is 6.67. The van der Waals surface area contributed by atoms with Gasteiger partial charge in [-0.2, -0.15) is 0 Å². The molecule has 5 nitrogen and oxygen atoms in total. The maximum atomic E-state index is 13.2. The molecule has 0 fully saturated rings. The average molecular weight is 422 g/mol. The third kappa shape index (κ3) is 3.48. The van der Waals surface area contributed by atoms with Crippen LogP contribution in [0.1, 0.15) is 0 Å². The van der Waals surface area contributed by atoms with E-state index in [1.807, 2.05) is 48.5 Å². The van der Waals surface area contributed by atoms with Gasteiger partial charge in [0.05, 0.1) is 27.0 Å². The summed E-state index contributed by atoms with van der Waals surface area (Å²) >= 11 is 6.11. The number of nitrogens with zero attached hydrogens (tertiary/aromatic N) is 1. The molecule has 0 atom stereocenters. The average Bonchev–Trinajstić information content (AvgIpc) is 2.78. The minimum absolute atomic E-state index is 0.162. The number of hydrogen-bond acceptors (Lipinski definition) is 4. The van der Waals surface area contributed by atoms with Crippen LogP contribution in [0.5, 0.6) is 17.2 Å². The van der Waals surface area contributed by atoms with Crippen molar-refractivity contribution >= 4 is 22.4 Å². The molecule has 30 heavy (non-hydrogen) atoms. The first-order valence-corrected chi connectivity index (χ1v) is 9.65. The maximum absolute atomic E-state index is 13.2. The number of methoxy groups -OCH3 is 3. The molecule has 0 radical (unpaired) electrons. The minimum atomic E-state index is -0.162. The Morgan fingerprint density at radius 2 is 1.40 bits per heavy atom. The van der Waals surface area contributed by atoms with Gasteiger partial charge in [0.2, 0.25) is 0 Å². The van der Waals surface area contributed by atoms with Gasteiger partial charge in [-0.25, -0.2) is 0 Å². The molecule has 0 saturated carbocycles. The van der Waals surface area contributed by atoms with Gasteiger partial charge in [-0.05, 0) is 59.5 Å². The molecule has 0 bridgehead atoms. The Morgan fingerprint density at radius 3 is 2.00 bits per heavy atom. The molecular formula is C24H20ClNO4. The number of halogens is 1. The van der Waals surface area contributed by atoms with Crippen LogP contribution in [0, 0.1) is 0 Å². The number of benzene rings is 3. The zero-order chi connectivity index (χ0) is 21.3. The summed E-state index contributed by atoms with van der Waals surface area (Å²) in [6.07, 6.45) is 0. The second kappa shape index (κ2) is 8.13.